The lowest BCUT2D eigenvalue weighted by atomic mass is 10.1. The lowest BCUT2D eigenvalue weighted by molar-refractivity contribution is -0.125. The van der Waals surface area contributed by atoms with Crippen molar-refractivity contribution in [1.29, 1.82) is 0 Å². The minimum atomic E-state index is -0.437. The molecule has 1 aliphatic rings. The maximum atomic E-state index is 12.8. The second-order valence-corrected chi connectivity index (χ2v) is 7.82. The predicted octanol–water partition coefficient (Wildman–Crippen LogP) is 3.22. The Labute approximate surface area is 187 Å². The number of nitrogens with zero attached hydrogens (tertiary/aromatic N) is 4. The Kier molecular flexibility index (Phi) is 6.65. The molecular formula is C25H27N5O2. The van der Waals surface area contributed by atoms with E-state index in [0.717, 1.165) is 22.4 Å². The summed E-state index contributed by atoms with van der Waals surface area (Å²) in [6, 6.07) is 19.7. The van der Waals surface area contributed by atoms with E-state index >= 15 is 0 Å². The topological polar surface area (TPSA) is 84.5 Å². The Bertz CT molecular complexity index is 1090. The van der Waals surface area contributed by atoms with Gasteiger partial charge in [0.15, 0.2) is 0 Å². The second-order valence-electron chi connectivity index (χ2n) is 7.82. The first-order valence-electron chi connectivity index (χ1n) is 10.8. The highest BCUT2D eigenvalue weighted by Gasteiger charge is 2.19. The summed E-state index contributed by atoms with van der Waals surface area (Å²) in [5.41, 5.74) is 9.26. The van der Waals surface area contributed by atoms with E-state index in [9.17, 15) is 9.59 Å². The van der Waals surface area contributed by atoms with Gasteiger partial charge in [0, 0.05) is 49.6 Å². The highest BCUT2D eigenvalue weighted by molar-refractivity contribution is 5.93. The van der Waals surface area contributed by atoms with Gasteiger partial charge in [-0.1, -0.05) is 60.7 Å². The molecule has 1 saturated heterocycles. The SMILES string of the molecule is NC(=O)N1CCCN(C(=O)C=Cc2cn(Cc3ccccc3)nc2-c2ccccc2)CC1. The molecule has 7 heteroatoms. The molecule has 2 heterocycles. The molecule has 0 atom stereocenters. The van der Waals surface area contributed by atoms with Crippen molar-refractivity contribution in [2.75, 3.05) is 26.2 Å². The number of primary amides is 1. The third-order valence-electron chi connectivity index (χ3n) is 5.55. The molecule has 32 heavy (non-hydrogen) atoms. The van der Waals surface area contributed by atoms with Crippen molar-refractivity contribution in [2.24, 2.45) is 5.73 Å². The first kappa shape index (κ1) is 21.4. The fourth-order valence-electron chi connectivity index (χ4n) is 3.86. The van der Waals surface area contributed by atoms with Gasteiger partial charge in [-0.15, -0.1) is 0 Å². The van der Waals surface area contributed by atoms with E-state index in [1.807, 2.05) is 65.5 Å². The maximum Gasteiger partial charge on any atom is 0.314 e. The van der Waals surface area contributed by atoms with Crippen molar-refractivity contribution in [2.45, 2.75) is 13.0 Å². The Hall–Kier alpha value is -3.87. The highest BCUT2D eigenvalue weighted by Crippen LogP contribution is 2.23. The van der Waals surface area contributed by atoms with Crippen LogP contribution in [-0.4, -0.2) is 57.7 Å². The number of amides is 3. The van der Waals surface area contributed by atoms with Gasteiger partial charge in [-0.3, -0.25) is 9.48 Å². The lowest BCUT2D eigenvalue weighted by Crippen LogP contribution is -2.39. The molecule has 1 fully saturated rings. The molecule has 7 nitrogen and oxygen atoms in total. The van der Waals surface area contributed by atoms with Crippen LogP contribution in [-0.2, 0) is 11.3 Å². The van der Waals surface area contributed by atoms with Crippen LogP contribution in [0, 0.1) is 0 Å². The van der Waals surface area contributed by atoms with Crippen molar-refractivity contribution in [1.82, 2.24) is 19.6 Å². The van der Waals surface area contributed by atoms with E-state index in [4.69, 9.17) is 10.8 Å². The molecule has 0 bridgehead atoms. The standard InChI is InChI=1S/C25H27N5O2/c26-25(32)29-15-7-14-28(16-17-29)23(31)13-12-22-19-30(18-20-8-3-1-4-9-20)27-24(22)21-10-5-2-6-11-21/h1-6,8-13,19H,7,14-18H2,(H2,26,32). The molecule has 4 rings (SSSR count). The minimum absolute atomic E-state index is 0.0776. The number of rotatable bonds is 5. The van der Waals surface area contributed by atoms with E-state index in [1.165, 1.54) is 0 Å². The molecule has 0 unspecified atom stereocenters. The first-order chi connectivity index (χ1) is 15.6. The van der Waals surface area contributed by atoms with Crippen molar-refractivity contribution < 1.29 is 9.59 Å². The van der Waals surface area contributed by atoms with Gasteiger partial charge < -0.3 is 15.5 Å². The third-order valence-corrected chi connectivity index (χ3v) is 5.55. The molecule has 0 radical (unpaired) electrons. The van der Waals surface area contributed by atoms with Crippen LogP contribution in [0.1, 0.15) is 17.5 Å². The van der Waals surface area contributed by atoms with Crippen molar-refractivity contribution in [3.8, 4) is 11.3 Å². The van der Waals surface area contributed by atoms with E-state index < -0.39 is 6.03 Å². The number of aromatic nitrogens is 2. The van der Waals surface area contributed by atoms with Gasteiger partial charge >= 0.3 is 6.03 Å². The van der Waals surface area contributed by atoms with Gasteiger partial charge in [-0.05, 0) is 18.1 Å². The molecule has 1 aliphatic heterocycles. The number of urea groups is 1. The van der Waals surface area contributed by atoms with Crippen LogP contribution < -0.4 is 5.73 Å². The summed E-state index contributed by atoms with van der Waals surface area (Å²) in [7, 11) is 0. The van der Waals surface area contributed by atoms with Gasteiger partial charge in [0.25, 0.3) is 0 Å². The van der Waals surface area contributed by atoms with Gasteiger partial charge in [0.2, 0.25) is 5.91 Å². The fourth-order valence-corrected chi connectivity index (χ4v) is 3.86. The summed E-state index contributed by atoms with van der Waals surface area (Å²) in [6.07, 6.45) is 6.11. The Morgan fingerprint density at radius 2 is 1.56 bits per heavy atom. The summed E-state index contributed by atoms with van der Waals surface area (Å²) in [4.78, 5) is 27.6. The number of hydrogen-bond donors (Lipinski definition) is 1. The molecule has 3 amide bonds. The fraction of sp³-hybridized carbons (Fsp3) is 0.240. The van der Waals surface area contributed by atoms with Crippen LogP contribution in [0.4, 0.5) is 4.79 Å². The van der Waals surface area contributed by atoms with Gasteiger partial charge in [0.05, 0.1) is 12.2 Å². The molecule has 0 spiro atoms. The zero-order valence-electron chi connectivity index (χ0n) is 17.9. The van der Waals surface area contributed by atoms with Crippen LogP contribution in [0.15, 0.2) is 72.9 Å². The van der Waals surface area contributed by atoms with Crippen LogP contribution in [0.5, 0.6) is 0 Å². The van der Waals surface area contributed by atoms with Gasteiger partial charge in [0.1, 0.15) is 0 Å². The number of carbonyl (C=O) groups excluding carboxylic acids is 2. The van der Waals surface area contributed by atoms with Gasteiger partial charge in [-0.2, -0.15) is 5.10 Å². The average Bonchev–Trinajstić information content (AvgIpc) is 3.04. The van der Waals surface area contributed by atoms with Crippen molar-refractivity contribution >= 4 is 18.0 Å². The average molecular weight is 430 g/mol. The van der Waals surface area contributed by atoms with Gasteiger partial charge in [-0.25, -0.2) is 4.79 Å². The van der Waals surface area contributed by atoms with E-state index in [-0.39, 0.29) is 5.91 Å². The molecule has 0 saturated carbocycles. The smallest absolute Gasteiger partial charge is 0.314 e. The number of benzene rings is 2. The Morgan fingerprint density at radius 3 is 2.28 bits per heavy atom. The van der Waals surface area contributed by atoms with Crippen LogP contribution >= 0.6 is 0 Å². The second kappa shape index (κ2) is 9.96. The quantitative estimate of drug-likeness (QED) is 0.632. The summed E-state index contributed by atoms with van der Waals surface area (Å²) in [5.74, 6) is -0.0776. The number of nitrogens with two attached hydrogens (primary N) is 1. The minimum Gasteiger partial charge on any atom is -0.351 e. The highest BCUT2D eigenvalue weighted by atomic mass is 16.2. The molecule has 3 aromatic rings. The summed E-state index contributed by atoms with van der Waals surface area (Å²) >= 11 is 0. The van der Waals surface area contributed by atoms with E-state index in [2.05, 4.69) is 12.1 Å². The van der Waals surface area contributed by atoms with Crippen LogP contribution in [0.2, 0.25) is 0 Å². The van der Waals surface area contributed by atoms with Crippen LogP contribution in [0.25, 0.3) is 17.3 Å². The molecular weight excluding hydrogens is 402 g/mol. The van der Waals surface area contributed by atoms with Crippen molar-refractivity contribution in [3.05, 3.63) is 84.1 Å². The largest absolute Gasteiger partial charge is 0.351 e. The molecule has 0 aliphatic carbocycles. The third kappa shape index (κ3) is 5.24. The van der Waals surface area contributed by atoms with E-state index in [1.54, 1.807) is 15.9 Å². The Morgan fingerprint density at radius 1 is 0.906 bits per heavy atom. The molecule has 164 valence electrons. The molecule has 1 aromatic heterocycles. The van der Waals surface area contributed by atoms with Crippen LogP contribution in [0.3, 0.4) is 0 Å². The number of hydrogen-bond acceptors (Lipinski definition) is 3. The monoisotopic (exact) mass is 429 g/mol. The Balaban J connectivity index is 1.54. The zero-order chi connectivity index (χ0) is 22.3. The molecule has 2 N–H and O–H groups in total. The maximum absolute atomic E-state index is 12.8. The number of carbonyl (C=O) groups is 2. The normalized spacial score (nSPS) is 14.5. The first-order valence-corrected chi connectivity index (χ1v) is 10.8. The summed E-state index contributed by atoms with van der Waals surface area (Å²) in [6.45, 7) is 2.76. The molecule has 2 aromatic carbocycles. The predicted molar refractivity (Wildman–Crippen MR) is 125 cm³/mol. The van der Waals surface area contributed by atoms with Crippen molar-refractivity contribution in [3.63, 3.8) is 0 Å². The van der Waals surface area contributed by atoms with E-state index in [0.29, 0.717) is 39.1 Å². The lowest BCUT2D eigenvalue weighted by Gasteiger charge is -2.19. The zero-order valence-corrected chi connectivity index (χ0v) is 17.9. The summed E-state index contributed by atoms with van der Waals surface area (Å²) in [5, 5.41) is 4.79. The summed E-state index contributed by atoms with van der Waals surface area (Å²) < 4.78 is 1.90.